The Balaban J connectivity index is 1.12. The number of ether oxygens (including phenoxy) is 6. The van der Waals surface area contributed by atoms with Crippen molar-refractivity contribution in [3.63, 3.8) is 0 Å². The number of rotatable bonds is 12. The van der Waals surface area contributed by atoms with Crippen LogP contribution in [0.15, 0.2) is 78.9 Å². The minimum Gasteiger partial charge on any atom is -0.508 e. The highest BCUT2D eigenvalue weighted by Gasteiger charge is 2.53. The molecular weight excluding hydrogens is 867 g/mol. The lowest BCUT2D eigenvalue weighted by molar-refractivity contribution is -0.168. The number of phenols is 3. The summed E-state index contributed by atoms with van der Waals surface area (Å²) in [4.78, 5) is 0. The van der Waals surface area contributed by atoms with Gasteiger partial charge in [0.15, 0.2) is 0 Å². The summed E-state index contributed by atoms with van der Waals surface area (Å²) in [5, 5.41) is 71.6. The smallest absolute Gasteiger partial charge is 0.149 e. The van der Waals surface area contributed by atoms with Crippen molar-refractivity contribution in [1.29, 1.82) is 0 Å². The van der Waals surface area contributed by atoms with Gasteiger partial charge in [-0.15, -0.1) is 0 Å². The van der Waals surface area contributed by atoms with Crippen LogP contribution in [0.1, 0.15) is 98.7 Å². The van der Waals surface area contributed by atoms with Crippen molar-refractivity contribution in [2.75, 3.05) is 33.7 Å². The van der Waals surface area contributed by atoms with Gasteiger partial charge >= 0.3 is 0 Å². The number of benzene rings is 5. The normalized spacial score (nSPS) is 26.7. The molecule has 0 aromatic heterocycles. The van der Waals surface area contributed by atoms with Crippen LogP contribution in [-0.2, 0) is 15.9 Å². The minimum atomic E-state index is -1.10. The first-order valence-corrected chi connectivity index (χ1v) is 24.1. The topological polar surface area (TPSA) is 189 Å². The van der Waals surface area contributed by atoms with Crippen LogP contribution in [0.3, 0.4) is 0 Å². The number of aromatic hydroxyl groups is 3. The molecule has 5 aliphatic rings. The monoisotopic (exact) mass is 927 g/mol. The molecule has 2 saturated carbocycles. The van der Waals surface area contributed by atoms with Crippen LogP contribution in [0.5, 0.6) is 40.2 Å². The van der Waals surface area contributed by atoms with Gasteiger partial charge in [-0.1, -0.05) is 30.0 Å². The average Bonchev–Trinajstić information content (AvgIpc) is 3.84. The highest BCUT2D eigenvalue weighted by Crippen LogP contribution is 2.56. The number of hydrogen-bond donors (Lipinski definition) is 7. The van der Waals surface area contributed by atoms with E-state index in [4.69, 9.17) is 28.4 Å². The van der Waals surface area contributed by atoms with Gasteiger partial charge in [-0.05, 0) is 129 Å². The van der Waals surface area contributed by atoms with Crippen molar-refractivity contribution in [1.82, 2.24) is 5.32 Å². The van der Waals surface area contributed by atoms with Gasteiger partial charge in [0, 0.05) is 72.3 Å². The van der Waals surface area contributed by atoms with E-state index in [1.54, 1.807) is 49.6 Å². The third kappa shape index (κ3) is 9.13. The van der Waals surface area contributed by atoms with Crippen LogP contribution >= 0.6 is 0 Å². The third-order valence-corrected chi connectivity index (χ3v) is 14.9. The Labute approximate surface area is 396 Å². The van der Waals surface area contributed by atoms with Crippen LogP contribution in [0.2, 0.25) is 0 Å². The summed E-state index contributed by atoms with van der Waals surface area (Å²) in [5.41, 5.74) is 3.63. The molecule has 2 fully saturated rings. The van der Waals surface area contributed by atoms with E-state index in [9.17, 15) is 30.6 Å². The molecule has 8 atom stereocenters. The van der Waals surface area contributed by atoms with Crippen molar-refractivity contribution in [2.45, 2.75) is 113 Å². The van der Waals surface area contributed by atoms with Crippen molar-refractivity contribution in [3.05, 3.63) is 101 Å². The molecule has 13 nitrogen and oxygen atoms in total. The first-order valence-electron chi connectivity index (χ1n) is 24.1. The van der Waals surface area contributed by atoms with Crippen LogP contribution in [0.4, 0.5) is 0 Å². The second-order valence-corrected chi connectivity index (χ2v) is 19.2. The zero-order valence-electron chi connectivity index (χ0n) is 38.4. The van der Waals surface area contributed by atoms with Crippen molar-refractivity contribution in [3.8, 4) is 63.2 Å². The molecule has 13 heteroatoms. The molecule has 358 valence electrons. The van der Waals surface area contributed by atoms with E-state index in [-0.39, 0.29) is 49.7 Å². The molecule has 5 aromatic carbocycles. The maximum atomic E-state index is 13.1. The van der Waals surface area contributed by atoms with Gasteiger partial charge in [-0.25, -0.2) is 0 Å². The van der Waals surface area contributed by atoms with E-state index in [1.807, 2.05) is 36.4 Å². The van der Waals surface area contributed by atoms with Gasteiger partial charge in [0.1, 0.15) is 53.0 Å². The minimum absolute atomic E-state index is 0.0245. The Bertz CT molecular complexity index is 2690. The molecule has 3 heterocycles. The maximum Gasteiger partial charge on any atom is 0.149 e. The fraction of sp³-hybridized carbons (Fsp3) is 0.455. The second kappa shape index (κ2) is 19.7. The Morgan fingerprint density at radius 2 is 1.65 bits per heavy atom. The Hall–Kier alpha value is -5.72. The van der Waals surface area contributed by atoms with E-state index >= 15 is 0 Å². The molecule has 2 bridgehead atoms. The number of nitrogens with one attached hydrogen (secondary N) is 1. The zero-order valence-corrected chi connectivity index (χ0v) is 38.4. The van der Waals surface area contributed by atoms with E-state index in [2.05, 4.69) is 17.2 Å². The number of hydrogen-bond acceptors (Lipinski definition) is 13. The van der Waals surface area contributed by atoms with Gasteiger partial charge in [-0.2, -0.15) is 0 Å². The summed E-state index contributed by atoms with van der Waals surface area (Å²) < 4.78 is 40.4. The molecule has 2 aliphatic carbocycles. The molecule has 0 amide bonds. The molecular formula is C55H61NO12. The maximum absolute atomic E-state index is 13.1. The van der Waals surface area contributed by atoms with Gasteiger partial charge in [0.05, 0.1) is 49.4 Å². The van der Waals surface area contributed by atoms with E-state index in [1.165, 1.54) is 0 Å². The van der Waals surface area contributed by atoms with Gasteiger partial charge in [0.25, 0.3) is 0 Å². The zero-order chi connectivity index (χ0) is 46.9. The fourth-order valence-electron chi connectivity index (χ4n) is 11.5. The third-order valence-electron chi connectivity index (χ3n) is 14.9. The number of aliphatic hydroxyl groups is 3. The summed E-state index contributed by atoms with van der Waals surface area (Å²) in [6.07, 6.45) is 3.46. The fourth-order valence-corrected chi connectivity index (χ4v) is 11.5. The number of phenolic OH excluding ortho intramolecular Hbond substituents is 3. The summed E-state index contributed by atoms with van der Waals surface area (Å²) in [7, 11) is 1.67. The van der Waals surface area contributed by atoms with E-state index in [0.717, 1.165) is 47.9 Å². The lowest BCUT2D eigenvalue weighted by Crippen LogP contribution is -2.60. The number of fused-ring (bicyclic) bond motifs is 6. The van der Waals surface area contributed by atoms with Crippen LogP contribution in [-0.4, -0.2) is 94.3 Å². The first kappa shape index (κ1) is 46.0. The molecule has 0 radical (unpaired) electrons. The van der Waals surface area contributed by atoms with Crippen LogP contribution in [0.25, 0.3) is 21.9 Å². The molecule has 0 saturated heterocycles. The highest BCUT2D eigenvalue weighted by atomic mass is 16.5. The average molecular weight is 928 g/mol. The molecule has 3 aliphatic heterocycles. The quantitative estimate of drug-likeness (QED) is 0.0362. The molecule has 8 unspecified atom stereocenters. The lowest BCUT2D eigenvalue weighted by Gasteiger charge is -2.51. The van der Waals surface area contributed by atoms with Crippen molar-refractivity contribution in [2.24, 2.45) is 11.8 Å². The first-order chi connectivity index (χ1) is 33.1. The standard InChI is InChI=1S/C55H61NO12/c1-63-20-7-12-47-50(54-45-29-48(43-26-37(60)14-16-42(43)53(45)67-47)64-21-5-4-18-55(56-31-57)19-17-38(61)27-49(55)68-54)46-30-65-52-34(25-40(28-44(52)51(46)62)66-39-10-2-3-11-39)22-33-24-36(59)13-15-41(33)32-8-6-9-35(58)23-32/h6,8-9,13-16,23-26,28-29,38-39,46-47,49-51,54,56-62H,2-3,7,10-12,17-22,27,30-31H2,1H3. The van der Waals surface area contributed by atoms with Gasteiger partial charge < -0.3 is 59.1 Å². The second-order valence-electron chi connectivity index (χ2n) is 19.2. The summed E-state index contributed by atoms with van der Waals surface area (Å²) >= 11 is 0. The number of methoxy groups -OCH3 is 1. The predicted octanol–water partition coefficient (Wildman–Crippen LogP) is 8.12. The molecule has 0 spiro atoms. The number of aliphatic hydroxyl groups excluding tert-OH is 3. The lowest BCUT2D eigenvalue weighted by atomic mass is 9.71. The predicted molar refractivity (Wildman–Crippen MR) is 254 cm³/mol. The van der Waals surface area contributed by atoms with Crippen LogP contribution in [0, 0.1) is 23.7 Å². The Morgan fingerprint density at radius 1 is 0.824 bits per heavy atom. The Kier molecular flexibility index (Phi) is 13.3. The highest BCUT2D eigenvalue weighted by molar-refractivity contribution is 5.96. The van der Waals surface area contributed by atoms with Crippen LogP contribution < -0.4 is 24.3 Å². The van der Waals surface area contributed by atoms with Gasteiger partial charge in [0.2, 0.25) is 0 Å². The van der Waals surface area contributed by atoms with E-state index in [0.29, 0.717) is 90.0 Å². The summed E-state index contributed by atoms with van der Waals surface area (Å²) in [5.74, 6) is 7.79. The Morgan fingerprint density at radius 3 is 2.47 bits per heavy atom. The van der Waals surface area contributed by atoms with Gasteiger partial charge in [-0.3, -0.25) is 5.32 Å². The molecule has 5 aromatic rings. The SMILES string of the molecule is COCCCC1Oc2c3cc(c4cc(O)ccc24)OCC#CCC2(NCO)CCC(O)CC2OC3C1C1COc2c(Cc3cc(O)ccc3-c3cccc(O)c3)cc(OC3CCCC3)cc2C1O. The molecule has 10 rings (SSSR count). The van der Waals surface area contributed by atoms with Crippen molar-refractivity contribution >= 4 is 10.8 Å². The summed E-state index contributed by atoms with van der Waals surface area (Å²) in [6.45, 7) is 0.314. The molecule has 7 N–H and O–H groups in total. The molecule has 68 heavy (non-hydrogen) atoms. The summed E-state index contributed by atoms with van der Waals surface area (Å²) in [6, 6.07) is 23.1. The largest absolute Gasteiger partial charge is 0.508 e. The van der Waals surface area contributed by atoms with Crippen molar-refractivity contribution < 1.29 is 59.1 Å². The van der Waals surface area contributed by atoms with E-state index < -0.39 is 47.9 Å².